The first kappa shape index (κ1) is 16.9. The number of pyridine rings is 1. The highest BCUT2D eigenvalue weighted by molar-refractivity contribution is 5.72. The van der Waals surface area contributed by atoms with Crippen LogP contribution in [0, 0.1) is 0 Å². The van der Waals surface area contributed by atoms with Gasteiger partial charge in [0.1, 0.15) is 0 Å². The van der Waals surface area contributed by atoms with Gasteiger partial charge in [0.25, 0.3) is 6.43 Å². The number of halogens is 5. The molecule has 0 bridgehead atoms. The molecule has 0 amide bonds. The fourth-order valence-corrected chi connectivity index (χ4v) is 1.41. The van der Waals surface area contributed by atoms with E-state index in [1.165, 1.54) is 0 Å². The Labute approximate surface area is 115 Å². The lowest BCUT2D eigenvalue weighted by molar-refractivity contribution is -0.275. The number of hydrogen-bond donors (Lipinski definition) is 0. The molecule has 0 saturated heterocycles. The lowest BCUT2D eigenvalue weighted by Crippen LogP contribution is -2.20. The number of methoxy groups -OCH3 is 2. The Balaban J connectivity index is 3.32. The molecule has 21 heavy (non-hydrogen) atoms. The Kier molecular flexibility index (Phi) is 5.28. The van der Waals surface area contributed by atoms with E-state index >= 15 is 0 Å². The molecule has 5 nitrogen and oxygen atoms in total. The molecule has 0 aromatic carbocycles. The van der Waals surface area contributed by atoms with Crippen LogP contribution in [0.25, 0.3) is 0 Å². The maximum atomic E-state index is 12.8. The summed E-state index contributed by atoms with van der Waals surface area (Å²) >= 11 is 0. The molecule has 0 atom stereocenters. The van der Waals surface area contributed by atoms with Gasteiger partial charge in [-0.25, -0.2) is 13.8 Å². The van der Waals surface area contributed by atoms with Crippen molar-refractivity contribution in [3.05, 3.63) is 17.5 Å². The molecule has 1 aromatic heterocycles. The highest BCUT2D eigenvalue weighted by Crippen LogP contribution is 2.39. The highest BCUT2D eigenvalue weighted by Gasteiger charge is 2.36. The summed E-state index contributed by atoms with van der Waals surface area (Å²) in [7, 11) is 2.03. The van der Waals surface area contributed by atoms with E-state index in [9.17, 15) is 26.7 Å². The van der Waals surface area contributed by atoms with Crippen molar-refractivity contribution in [3.63, 3.8) is 0 Å². The van der Waals surface area contributed by atoms with Crippen molar-refractivity contribution < 1.29 is 41.0 Å². The van der Waals surface area contributed by atoms with Gasteiger partial charge in [-0.15, -0.1) is 13.2 Å². The van der Waals surface area contributed by atoms with Crippen LogP contribution in [-0.4, -0.2) is 31.5 Å². The predicted molar refractivity (Wildman–Crippen MR) is 58.1 cm³/mol. The minimum atomic E-state index is -5.19. The second-order valence-corrected chi connectivity index (χ2v) is 3.63. The summed E-state index contributed by atoms with van der Waals surface area (Å²) < 4.78 is 74.8. The topological polar surface area (TPSA) is 57.7 Å². The molecule has 0 spiro atoms. The molecule has 0 saturated carbocycles. The molecule has 0 N–H and O–H groups in total. The molecule has 0 aliphatic heterocycles. The fourth-order valence-electron chi connectivity index (χ4n) is 1.41. The normalized spacial score (nSPS) is 11.4. The van der Waals surface area contributed by atoms with Crippen molar-refractivity contribution >= 4 is 5.97 Å². The van der Waals surface area contributed by atoms with Gasteiger partial charge in [-0.05, 0) is 0 Å². The molecular weight excluding hydrogens is 305 g/mol. The summed E-state index contributed by atoms with van der Waals surface area (Å²) in [4.78, 5) is 14.4. The minimum absolute atomic E-state index is 0.233. The summed E-state index contributed by atoms with van der Waals surface area (Å²) in [5.74, 6) is -2.65. The second kappa shape index (κ2) is 6.55. The first-order chi connectivity index (χ1) is 9.67. The predicted octanol–water partition coefficient (Wildman–Crippen LogP) is 2.64. The van der Waals surface area contributed by atoms with Crippen LogP contribution in [0.4, 0.5) is 22.0 Å². The van der Waals surface area contributed by atoms with Gasteiger partial charge in [-0.3, -0.25) is 4.79 Å². The zero-order valence-electron chi connectivity index (χ0n) is 10.8. The van der Waals surface area contributed by atoms with Crippen LogP contribution >= 0.6 is 0 Å². The van der Waals surface area contributed by atoms with E-state index in [0.717, 1.165) is 20.3 Å². The summed E-state index contributed by atoms with van der Waals surface area (Å²) in [5.41, 5.74) is -1.51. The number of carbonyl (C=O) groups excluding carboxylic acids is 1. The first-order valence-electron chi connectivity index (χ1n) is 5.36. The van der Waals surface area contributed by atoms with Crippen molar-refractivity contribution in [3.8, 4) is 11.5 Å². The average molecular weight is 315 g/mol. The quantitative estimate of drug-likeness (QED) is 0.617. The van der Waals surface area contributed by atoms with Crippen molar-refractivity contribution in [2.45, 2.75) is 19.2 Å². The van der Waals surface area contributed by atoms with Gasteiger partial charge in [0.15, 0.2) is 17.2 Å². The van der Waals surface area contributed by atoms with Crippen molar-refractivity contribution in [2.75, 3.05) is 14.2 Å². The van der Waals surface area contributed by atoms with Crippen molar-refractivity contribution in [2.24, 2.45) is 0 Å². The van der Waals surface area contributed by atoms with E-state index in [1.807, 2.05) is 0 Å². The third-order valence-corrected chi connectivity index (χ3v) is 2.22. The van der Waals surface area contributed by atoms with Crippen LogP contribution in [0.3, 0.4) is 0 Å². The van der Waals surface area contributed by atoms with Gasteiger partial charge in [0.05, 0.1) is 26.3 Å². The molecule has 0 aliphatic carbocycles. The average Bonchev–Trinajstić information content (AvgIpc) is 2.37. The Bertz CT molecular complexity index is 518. The number of carbonyl (C=O) groups is 1. The number of alkyl halides is 5. The largest absolute Gasteiger partial charge is 0.573 e. The molecule has 1 heterocycles. The molecule has 0 radical (unpaired) electrons. The van der Waals surface area contributed by atoms with Gasteiger partial charge in [-0.1, -0.05) is 0 Å². The SMILES string of the molecule is COC(=O)Cc1cc(OC)c(OC(F)(F)F)c(C(F)F)n1. The monoisotopic (exact) mass is 315 g/mol. The molecule has 1 rings (SSSR count). The molecule has 1 aromatic rings. The van der Waals surface area contributed by atoms with E-state index in [0.29, 0.717) is 0 Å². The van der Waals surface area contributed by atoms with Gasteiger partial charge in [-0.2, -0.15) is 0 Å². The molecule has 118 valence electrons. The number of nitrogens with zero attached hydrogens (tertiary/aromatic N) is 1. The van der Waals surface area contributed by atoms with Crippen LogP contribution in [0.5, 0.6) is 11.5 Å². The first-order valence-corrected chi connectivity index (χ1v) is 5.36. The maximum absolute atomic E-state index is 12.8. The molecule has 0 aliphatic rings. The zero-order valence-corrected chi connectivity index (χ0v) is 10.8. The standard InChI is InChI=1S/C11H10F5NO4/c1-19-6-3-5(4-7(18)20-2)17-8(10(12)13)9(6)21-11(14,15)16/h3,10H,4H2,1-2H3. The van der Waals surface area contributed by atoms with Crippen LogP contribution in [0.1, 0.15) is 17.8 Å². The summed E-state index contributed by atoms with van der Waals surface area (Å²) in [5, 5.41) is 0. The zero-order chi connectivity index (χ0) is 16.2. The van der Waals surface area contributed by atoms with Gasteiger partial charge < -0.3 is 14.2 Å². The number of esters is 1. The van der Waals surface area contributed by atoms with Crippen molar-refractivity contribution in [1.82, 2.24) is 4.98 Å². The maximum Gasteiger partial charge on any atom is 0.573 e. The Morgan fingerprint density at radius 3 is 2.38 bits per heavy atom. The number of ether oxygens (including phenoxy) is 3. The number of aromatic nitrogens is 1. The van der Waals surface area contributed by atoms with Gasteiger partial charge >= 0.3 is 12.3 Å². The lowest BCUT2D eigenvalue weighted by atomic mass is 10.2. The van der Waals surface area contributed by atoms with Crippen LogP contribution in [0.15, 0.2) is 6.07 Å². The second-order valence-electron chi connectivity index (χ2n) is 3.63. The summed E-state index contributed by atoms with van der Waals surface area (Å²) in [6.45, 7) is 0. The third kappa shape index (κ3) is 4.72. The summed E-state index contributed by atoms with van der Waals surface area (Å²) in [6.07, 6.45) is -9.05. The van der Waals surface area contributed by atoms with Gasteiger partial charge in [0.2, 0.25) is 0 Å². The Morgan fingerprint density at radius 2 is 1.95 bits per heavy atom. The van der Waals surface area contributed by atoms with E-state index < -0.39 is 42.4 Å². The van der Waals surface area contributed by atoms with E-state index in [2.05, 4.69) is 19.2 Å². The minimum Gasteiger partial charge on any atom is -0.493 e. The Morgan fingerprint density at radius 1 is 1.33 bits per heavy atom. The van der Waals surface area contributed by atoms with Crippen molar-refractivity contribution in [1.29, 1.82) is 0 Å². The molecule has 0 fully saturated rings. The molecule has 0 unspecified atom stereocenters. The fraction of sp³-hybridized carbons (Fsp3) is 0.455. The molecule has 10 heteroatoms. The lowest BCUT2D eigenvalue weighted by Gasteiger charge is -2.16. The van der Waals surface area contributed by atoms with Crippen LogP contribution in [-0.2, 0) is 16.0 Å². The van der Waals surface area contributed by atoms with Gasteiger partial charge in [0, 0.05) is 6.07 Å². The smallest absolute Gasteiger partial charge is 0.493 e. The van der Waals surface area contributed by atoms with Crippen LogP contribution in [0.2, 0.25) is 0 Å². The molecular formula is C11H10F5NO4. The number of hydrogen-bond acceptors (Lipinski definition) is 5. The summed E-state index contributed by atoms with van der Waals surface area (Å²) in [6, 6.07) is 0.893. The van der Waals surface area contributed by atoms with Crippen LogP contribution < -0.4 is 9.47 Å². The van der Waals surface area contributed by atoms with E-state index in [4.69, 9.17) is 0 Å². The van der Waals surface area contributed by atoms with E-state index in [-0.39, 0.29) is 5.69 Å². The third-order valence-electron chi connectivity index (χ3n) is 2.22. The number of rotatable bonds is 5. The highest BCUT2D eigenvalue weighted by atomic mass is 19.4. The Hall–Kier alpha value is -2.13. The van der Waals surface area contributed by atoms with E-state index in [1.54, 1.807) is 0 Å².